The number of rotatable bonds is 9. The summed E-state index contributed by atoms with van der Waals surface area (Å²) in [6, 6.07) is 30.7. The van der Waals surface area contributed by atoms with Crippen LogP contribution in [0.1, 0.15) is 43.4 Å². The molecule has 6 heteroatoms. The average molecular weight is 551 g/mol. The van der Waals surface area contributed by atoms with E-state index in [1.54, 1.807) is 23.5 Å². The van der Waals surface area contributed by atoms with Crippen LogP contribution in [0.2, 0.25) is 0 Å². The zero-order valence-corrected chi connectivity index (χ0v) is 23.8. The van der Waals surface area contributed by atoms with Crippen molar-refractivity contribution in [3.63, 3.8) is 0 Å². The van der Waals surface area contributed by atoms with Crippen LogP contribution < -0.4 is 0 Å². The molecule has 0 spiro atoms. The topological polar surface area (TPSA) is 47.9 Å². The van der Waals surface area contributed by atoms with Crippen LogP contribution in [0.3, 0.4) is 0 Å². The molecule has 0 aromatic heterocycles. The molecule has 2 saturated heterocycles. The summed E-state index contributed by atoms with van der Waals surface area (Å²) < 4.78 is 19.5. The molecular formula is C32H38O4S2. The molecule has 0 amide bonds. The summed E-state index contributed by atoms with van der Waals surface area (Å²) in [5, 5.41) is 13.0. The first-order valence-corrected chi connectivity index (χ1v) is 15.6. The van der Waals surface area contributed by atoms with Gasteiger partial charge in [-0.3, -0.25) is 0 Å². The highest BCUT2D eigenvalue weighted by atomic mass is 32.2. The fraction of sp³-hybridized carbons (Fsp3) is 0.438. The van der Waals surface area contributed by atoms with Gasteiger partial charge in [0.25, 0.3) is 0 Å². The first kappa shape index (κ1) is 27.8. The van der Waals surface area contributed by atoms with Gasteiger partial charge in [0.05, 0.1) is 25.4 Å². The Morgan fingerprint density at radius 3 is 1.89 bits per heavy atom. The molecule has 38 heavy (non-hydrogen) atoms. The number of ether oxygens (including phenoxy) is 3. The smallest absolute Gasteiger partial charge is 0.224 e. The second-order valence-corrected chi connectivity index (χ2v) is 13.0. The van der Waals surface area contributed by atoms with Crippen molar-refractivity contribution in [3.05, 3.63) is 108 Å². The molecule has 0 bridgehead atoms. The fourth-order valence-electron chi connectivity index (χ4n) is 5.58. The minimum Gasteiger partial charge on any atom is -0.370 e. The fourth-order valence-corrected chi connectivity index (χ4v) is 9.10. The molecule has 3 aromatic rings. The van der Waals surface area contributed by atoms with E-state index in [-0.39, 0.29) is 18.1 Å². The summed E-state index contributed by atoms with van der Waals surface area (Å²) in [5.74, 6) is 0.325. The minimum absolute atomic E-state index is 0.0381. The second-order valence-electron chi connectivity index (χ2n) is 10.1. The van der Waals surface area contributed by atoms with Crippen molar-refractivity contribution >= 4 is 23.5 Å². The maximum atomic E-state index is 13.0. The van der Waals surface area contributed by atoms with Crippen LogP contribution in [0.4, 0.5) is 0 Å². The quantitative estimate of drug-likeness (QED) is 0.309. The molecule has 202 valence electrons. The molecule has 2 aliphatic heterocycles. The molecule has 0 aliphatic carbocycles. The molecule has 2 aliphatic rings. The monoisotopic (exact) mass is 550 g/mol. The van der Waals surface area contributed by atoms with Gasteiger partial charge in [0.2, 0.25) is 5.79 Å². The summed E-state index contributed by atoms with van der Waals surface area (Å²) >= 11 is 3.55. The van der Waals surface area contributed by atoms with Crippen molar-refractivity contribution in [2.24, 2.45) is 5.92 Å². The van der Waals surface area contributed by atoms with Gasteiger partial charge >= 0.3 is 0 Å². The Hall–Kier alpha value is -1.80. The zero-order chi connectivity index (χ0) is 26.4. The van der Waals surface area contributed by atoms with Gasteiger partial charge in [-0.15, -0.1) is 23.5 Å². The highest BCUT2D eigenvalue weighted by Crippen LogP contribution is 2.61. The van der Waals surface area contributed by atoms with E-state index in [0.717, 1.165) is 41.0 Å². The Morgan fingerprint density at radius 1 is 0.816 bits per heavy atom. The van der Waals surface area contributed by atoms with Crippen molar-refractivity contribution in [1.82, 2.24) is 0 Å². The number of hydrogen-bond acceptors (Lipinski definition) is 6. The molecule has 1 N–H and O–H groups in total. The highest BCUT2D eigenvalue weighted by Gasteiger charge is 2.66. The van der Waals surface area contributed by atoms with Crippen LogP contribution in [0, 0.1) is 5.92 Å². The number of benzene rings is 3. The van der Waals surface area contributed by atoms with Gasteiger partial charge in [0.15, 0.2) is 0 Å². The molecule has 2 fully saturated rings. The molecule has 3 aromatic carbocycles. The SMILES string of the molecule is CC[C@H]1O[C@@](O)(C2(c3ccccc3)SCCCS2)[C@H](OCc2ccccc2)[C@@H](OCc2ccccc2)[C@@H]1C. The van der Waals surface area contributed by atoms with E-state index in [9.17, 15) is 5.11 Å². The maximum Gasteiger partial charge on any atom is 0.224 e. The number of hydrogen-bond donors (Lipinski definition) is 1. The average Bonchev–Trinajstić information content (AvgIpc) is 2.98. The van der Waals surface area contributed by atoms with E-state index in [0.29, 0.717) is 13.2 Å². The van der Waals surface area contributed by atoms with Crippen molar-refractivity contribution in [2.45, 2.75) is 68.1 Å². The highest BCUT2D eigenvalue weighted by molar-refractivity contribution is 8.18. The molecule has 0 unspecified atom stereocenters. The van der Waals surface area contributed by atoms with Gasteiger partial charge in [-0.2, -0.15) is 0 Å². The molecular weight excluding hydrogens is 512 g/mol. The van der Waals surface area contributed by atoms with Gasteiger partial charge in [-0.05, 0) is 41.0 Å². The van der Waals surface area contributed by atoms with E-state index in [4.69, 9.17) is 14.2 Å². The summed E-state index contributed by atoms with van der Waals surface area (Å²) in [5.41, 5.74) is 3.21. The van der Waals surface area contributed by atoms with Crippen LogP contribution in [-0.2, 0) is 31.5 Å². The lowest BCUT2D eigenvalue weighted by Crippen LogP contribution is -2.69. The first-order chi connectivity index (χ1) is 18.6. The molecule has 0 saturated carbocycles. The third kappa shape index (κ3) is 5.58. The van der Waals surface area contributed by atoms with Gasteiger partial charge < -0.3 is 19.3 Å². The summed E-state index contributed by atoms with van der Waals surface area (Å²) in [6.45, 7) is 5.11. The van der Waals surface area contributed by atoms with Crippen LogP contribution in [0.25, 0.3) is 0 Å². The lowest BCUT2D eigenvalue weighted by atomic mass is 9.82. The lowest BCUT2D eigenvalue weighted by Gasteiger charge is -2.57. The van der Waals surface area contributed by atoms with E-state index in [2.05, 4.69) is 50.2 Å². The third-order valence-corrected chi connectivity index (χ3v) is 11.2. The first-order valence-electron chi connectivity index (χ1n) is 13.6. The Kier molecular flexibility index (Phi) is 9.19. The Balaban J connectivity index is 1.57. The standard InChI is InChI=1S/C32H38O4S2/c1-3-28-24(2)29(34-22-25-14-7-4-8-15-25)30(35-23-26-16-9-5-10-17-26)31(33,36-28)32(37-20-13-21-38-32)27-18-11-6-12-19-27/h4-12,14-19,24,28-30,33H,3,13,20-23H2,1-2H3/t24-,28-,29+,30-,31-/m1/s1. The Labute approximate surface area is 235 Å². The van der Waals surface area contributed by atoms with Gasteiger partial charge in [0.1, 0.15) is 10.2 Å². The number of aliphatic hydroxyl groups is 1. The normalized spacial score (nSPS) is 29.1. The molecule has 4 nitrogen and oxygen atoms in total. The van der Waals surface area contributed by atoms with Crippen molar-refractivity contribution in [3.8, 4) is 0 Å². The van der Waals surface area contributed by atoms with Crippen LogP contribution in [0.5, 0.6) is 0 Å². The van der Waals surface area contributed by atoms with Gasteiger partial charge in [0, 0.05) is 5.92 Å². The largest absolute Gasteiger partial charge is 0.370 e. The van der Waals surface area contributed by atoms with Crippen LogP contribution in [0.15, 0.2) is 91.0 Å². The second kappa shape index (κ2) is 12.6. The lowest BCUT2D eigenvalue weighted by molar-refractivity contribution is -0.357. The van der Waals surface area contributed by atoms with E-state index < -0.39 is 16.0 Å². The van der Waals surface area contributed by atoms with E-state index in [1.807, 2.05) is 54.6 Å². The van der Waals surface area contributed by atoms with Crippen LogP contribution >= 0.6 is 23.5 Å². The zero-order valence-electron chi connectivity index (χ0n) is 22.2. The molecule has 5 rings (SSSR count). The molecule has 2 heterocycles. The third-order valence-electron chi connectivity index (χ3n) is 7.60. The predicted molar refractivity (Wildman–Crippen MR) is 157 cm³/mol. The molecule has 5 atom stereocenters. The maximum absolute atomic E-state index is 13.0. The van der Waals surface area contributed by atoms with Crippen molar-refractivity contribution < 1.29 is 19.3 Å². The summed E-state index contributed by atoms with van der Waals surface area (Å²) in [4.78, 5) is 0. The molecule has 0 radical (unpaired) electrons. The summed E-state index contributed by atoms with van der Waals surface area (Å²) in [7, 11) is 0. The summed E-state index contributed by atoms with van der Waals surface area (Å²) in [6.07, 6.45) is 0.659. The van der Waals surface area contributed by atoms with Crippen molar-refractivity contribution in [2.75, 3.05) is 11.5 Å². The van der Waals surface area contributed by atoms with Gasteiger partial charge in [-0.1, -0.05) is 105 Å². The van der Waals surface area contributed by atoms with Crippen molar-refractivity contribution in [1.29, 1.82) is 0 Å². The van der Waals surface area contributed by atoms with Crippen LogP contribution in [-0.4, -0.2) is 40.7 Å². The Morgan fingerprint density at radius 2 is 1.34 bits per heavy atom. The number of thioether (sulfide) groups is 2. The Bertz CT molecular complexity index is 1120. The van der Waals surface area contributed by atoms with Gasteiger partial charge in [-0.25, -0.2) is 0 Å². The predicted octanol–water partition coefficient (Wildman–Crippen LogP) is 7.01. The van der Waals surface area contributed by atoms with E-state index in [1.165, 1.54) is 0 Å². The van der Waals surface area contributed by atoms with E-state index >= 15 is 0 Å². The minimum atomic E-state index is -1.60.